The van der Waals surface area contributed by atoms with Crippen molar-refractivity contribution in [2.45, 2.75) is 19.3 Å². The summed E-state index contributed by atoms with van der Waals surface area (Å²) in [6, 6.07) is 58.6. The molecule has 0 unspecified atom stereocenters. The summed E-state index contributed by atoms with van der Waals surface area (Å²) >= 11 is 1.82. The van der Waals surface area contributed by atoms with Crippen LogP contribution in [0, 0.1) is 0 Å². The summed E-state index contributed by atoms with van der Waals surface area (Å²) in [7, 11) is 0. The van der Waals surface area contributed by atoms with Crippen molar-refractivity contribution < 1.29 is 0 Å². The lowest BCUT2D eigenvalue weighted by Crippen LogP contribution is -2.14. The zero-order valence-electron chi connectivity index (χ0n) is 29.8. The number of hydrogen-bond acceptors (Lipinski definition) is 4. The van der Waals surface area contributed by atoms with Gasteiger partial charge >= 0.3 is 0 Å². The zero-order chi connectivity index (χ0) is 36.0. The van der Waals surface area contributed by atoms with Gasteiger partial charge < -0.3 is 0 Å². The lowest BCUT2D eigenvalue weighted by Gasteiger charge is -2.22. The molecule has 254 valence electrons. The van der Waals surface area contributed by atoms with Crippen LogP contribution in [-0.4, -0.2) is 15.0 Å². The van der Waals surface area contributed by atoms with E-state index in [2.05, 4.69) is 172 Å². The summed E-state index contributed by atoms with van der Waals surface area (Å²) in [5.74, 6) is 0.710. The minimum Gasteiger partial charge on any atom is -0.246 e. The molecule has 3 heterocycles. The highest BCUT2D eigenvalue weighted by molar-refractivity contribution is 7.26. The summed E-state index contributed by atoms with van der Waals surface area (Å²) in [6.45, 7) is 4.65. The van der Waals surface area contributed by atoms with E-state index < -0.39 is 0 Å². The fourth-order valence-electron chi connectivity index (χ4n) is 8.63. The zero-order valence-corrected chi connectivity index (χ0v) is 30.7. The Morgan fingerprint density at radius 2 is 1.04 bits per heavy atom. The second kappa shape index (κ2) is 11.8. The molecule has 3 aromatic heterocycles. The molecule has 0 spiro atoms. The molecule has 0 atom stereocenters. The number of benzene rings is 7. The lowest BCUT2D eigenvalue weighted by molar-refractivity contribution is 0.660. The Morgan fingerprint density at radius 3 is 1.87 bits per heavy atom. The molecule has 3 nitrogen and oxygen atoms in total. The van der Waals surface area contributed by atoms with Gasteiger partial charge in [-0.05, 0) is 51.2 Å². The van der Waals surface area contributed by atoms with Crippen LogP contribution in [0.2, 0.25) is 0 Å². The Bertz CT molecular complexity index is 3140. The van der Waals surface area contributed by atoms with E-state index in [4.69, 9.17) is 15.0 Å². The summed E-state index contributed by atoms with van der Waals surface area (Å²) < 4.78 is 2.49. The molecule has 1 aliphatic rings. The third-order valence-corrected chi connectivity index (χ3v) is 12.5. The predicted octanol–water partition coefficient (Wildman–Crippen LogP) is 13.5. The molecular formula is C50H33N3S. The van der Waals surface area contributed by atoms with Gasteiger partial charge in [-0.15, -0.1) is 11.3 Å². The highest BCUT2D eigenvalue weighted by Crippen LogP contribution is 2.50. The first-order valence-electron chi connectivity index (χ1n) is 18.4. The van der Waals surface area contributed by atoms with Crippen molar-refractivity contribution >= 4 is 53.2 Å². The third-order valence-electron chi connectivity index (χ3n) is 11.3. The van der Waals surface area contributed by atoms with Crippen LogP contribution >= 0.6 is 11.3 Å². The summed E-state index contributed by atoms with van der Waals surface area (Å²) in [4.78, 5) is 16.0. The van der Waals surface area contributed by atoms with E-state index in [9.17, 15) is 0 Å². The van der Waals surface area contributed by atoms with Crippen molar-refractivity contribution in [2.75, 3.05) is 0 Å². The van der Waals surface area contributed by atoms with Gasteiger partial charge in [0.1, 0.15) is 0 Å². The van der Waals surface area contributed by atoms with E-state index in [1.807, 2.05) is 17.4 Å². The summed E-state index contributed by atoms with van der Waals surface area (Å²) in [6.07, 6.45) is 0. The van der Waals surface area contributed by atoms with Gasteiger partial charge in [-0.3, -0.25) is 0 Å². The average molecular weight is 708 g/mol. The number of nitrogens with zero attached hydrogens (tertiary/aromatic N) is 3. The average Bonchev–Trinajstić information content (AvgIpc) is 3.72. The lowest BCUT2D eigenvalue weighted by atomic mass is 9.82. The molecule has 0 aliphatic heterocycles. The Balaban J connectivity index is 1.12. The van der Waals surface area contributed by atoms with E-state index in [1.54, 1.807) is 0 Å². The van der Waals surface area contributed by atoms with Crippen molar-refractivity contribution in [3.8, 4) is 56.3 Å². The fraction of sp³-hybridized carbons (Fsp3) is 0.0600. The van der Waals surface area contributed by atoms with E-state index >= 15 is 0 Å². The van der Waals surface area contributed by atoms with Crippen molar-refractivity contribution in [2.24, 2.45) is 0 Å². The number of fused-ring (bicyclic) bond motifs is 9. The first kappa shape index (κ1) is 31.1. The monoisotopic (exact) mass is 707 g/mol. The predicted molar refractivity (Wildman–Crippen MR) is 227 cm³/mol. The van der Waals surface area contributed by atoms with Crippen molar-refractivity contribution in [3.05, 3.63) is 175 Å². The molecule has 0 saturated carbocycles. The second-order valence-electron chi connectivity index (χ2n) is 14.7. The Hall–Kier alpha value is -6.49. The molecule has 0 fully saturated rings. The molecular weight excluding hydrogens is 675 g/mol. The normalized spacial score (nSPS) is 13.1. The molecule has 4 heteroatoms. The highest BCUT2D eigenvalue weighted by Gasteiger charge is 2.35. The van der Waals surface area contributed by atoms with Crippen molar-refractivity contribution in [3.63, 3.8) is 0 Å². The molecule has 7 aromatic carbocycles. The van der Waals surface area contributed by atoms with Gasteiger partial charge in [-0.25, -0.2) is 15.0 Å². The molecule has 10 aromatic rings. The molecule has 0 N–H and O–H groups in total. The standard InChI is InChI=1S/C50H33N3S/c1-50(2)41-22-12-10-18-34(41)35-25-24-31(28-42(35)50)43-29-44(52-49(51-43)30-14-4-3-5-15-30)36-26-27-38(33-17-7-6-16-32(33)36)46-37-19-8-9-20-39(37)48-47(53-46)40-21-11-13-23-45(40)54-48/h3-29H,1-2H3. The number of pyridine rings is 1. The minimum absolute atomic E-state index is 0.109. The van der Waals surface area contributed by atoms with Gasteiger partial charge in [-0.1, -0.05) is 159 Å². The van der Waals surface area contributed by atoms with Crippen LogP contribution in [0.1, 0.15) is 25.0 Å². The third kappa shape index (κ3) is 4.63. The van der Waals surface area contributed by atoms with Crippen LogP contribution in [0.25, 0.3) is 98.1 Å². The maximum absolute atomic E-state index is 5.46. The maximum atomic E-state index is 5.46. The molecule has 0 saturated heterocycles. The van der Waals surface area contributed by atoms with Gasteiger partial charge in [0.15, 0.2) is 5.82 Å². The van der Waals surface area contributed by atoms with Crippen molar-refractivity contribution in [1.29, 1.82) is 0 Å². The highest BCUT2D eigenvalue weighted by atomic mass is 32.1. The molecule has 54 heavy (non-hydrogen) atoms. The van der Waals surface area contributed by atoms with Crippen LogP contribution in [-0.2, 0) is 5.41 Å². The molecule has 0 radical (unpaired) electrons. The minimum atomic E-state index is -0.109. The second-order valence-corrected chi connectivity index (χ2v) is 15.8. The molecule has 0 bridgehead atoms. The van der Waals surface area contributed by atoms with Crippen molar-refractivity contribution in [1.82, 2.24) is 15.0 Å². The quantitative estimate of drug-likeness (QED) is 0.183. The molecule has 0 amide bonds. The Kier molecular flexibility index (Phi) is 6.77. The number of thiophene rings is 1. The van der Waals surface area contributed by atoms with Gasteiger partial charge in [-0.2, -0.15) is 0 Å². The van der Waals surface area contributed by atoms with Gasteiger partial charge in [0.2, 0.25) is 0 Å². The first-order chi connectivity index (χ1) is 26.5. The van der Waals surface area contributed by atoms with Crippen LogP contribution in [0.4, 0.5) is 0 Å². The number of aromatic nitrogens is 3. The van der Waals surface area contributed by atoms with E-state index in [0.29, 0.717) is 5.82 Å². The number of hydrogen-bond donors (Lipinski definition) is 0. The largest absolute Gasteiger partial charge is 0.246 e. The van der Waals surface area contributed by atoms with E-state index in [-0.39, 0.29) is 5.41 Å². The number of rotatable bonds is 4. The summed E-state index contributed by atoms with van der Waals surface area (Å²) in [5, 5.41) is 5.87. The smallest absolute Gasteiger partial charge is 0.160 e. The van der Waals surface area contributed by atoms with E-state index in [1.165, 1.54) is 42.4 Å². The Labute approximate surface area is 317 Å². The van der Waals surface area contributed by atoms with Gasteiger partial charge in [0.05, 0.1) is 27.3 Å². The molecule has 11 rings (SSSR count). The van der Waals surface area contributed by atoms with Gasteiger partial charge in [0, 0.05) is 48.5 Å². The van der Waals surface area contributed by atoms with E-state index in [0.717, 1.165) is 61.0 Å². The maximum Gasteiger partial charge on any atom is 0.160 e. The van der Waals surface area contributed by atoms with Gasteiger partial charge in [0.25, 0.3) is 0 Å². The first-order valence-corrected chi connectivity index (χ1v) is 19.3. The molecule has 1 aliphatic carbocycles. The van der Waals surface area contributed by atoms with Crippen LogP contribution in [0.15, 0.2) is 164 Å². The topological polar surface area (TPSA) is 38.7 Å². The van der Waals surface area contributed by atoms with Crippen LogP contribution in [0.5, 0.6) is 0 Å². The van der Waals surface area contributed by atoms with Crippen LogP contribution in [0.3, 0.4) is 0 Å². The Morgan fingerprint density at radius 1 is 0.426 bits per heavy atom. The van der Waals surface area contributed by atoms with Crippen LogP contribution < -0.4 is 0 Å². The fourth-order valence-corrected chi connectivity index (χ4v) is 9.81. The summed E-state index contributed by atoms with van der Waals surface area (Å²) in [5.41, 5.74) is 13.3. The SMILES string of the molecule is CC1(C)c2ccccc2-c2ccc(-c3cc(-c4ccc(-c5nc6c7ccccc7sc6c6ccccc56)c5ccccc45)nc(-c4ccccc4)n3)cc21.